The summed E-state index contributed by atoms with van der Waals surface area (Å²) in [6, 6.07) is 15.5. The summed E-state index contributed by atoms with van der Waals surface area (Å²) in [6.45, 7) is 14.5. The van der Waals surface area contributed by atoms with Crippen molar-refractivity contribution in [2.24, 2.45) is 5.92 Å². The quantitative estimate of drug-likeness (QED) is 0.0357. The highest BCUT2D eigenvalue weighted by Crippen LogP contribution is 2.64. The average molecular weight is 921 g/mol. The fraction of sp³-hybridized carbons (Fsp3) is 0.554. The SMILES string of the molecule is C=CC[N+]1(CCCCCCCCCOC(=O)CC[N+]2(CC=C)CC[C@]34c5c6ccc(OC)c5O[C@H]3[C@@H](OC)C=CC4[C@H]2C6)CCc2cc(OC)c(OC)cc2[C@H]1Cc1ccc(OC)c(OC)c1. The van der Waals surface area contributed by atoms with E-state index < -0.39 is 0 Å². The lowest BCUT2D eigenvalue weighted by Crippen LogP contribution is -2.72. The molecular weight excluding hydrogens is 845 g/mol. The Kier molecular flexibility index (Phi) is 15.3. The molecule has 1 spiro atoms. The minimum absolute atomic E-state index is 0.0929. The van der Waals surface area contributed by atoms with Crippen molar-refractivity contribution in [3.05, 3.63) is 108 Å². The molecule has 3 aromatic carbocycles. The maximum absolute atomic E-state index is 13.4. The van der Waals surface area contributed by atoms with Crippen LogP contribution in [-0.2, 0) is 38.9 Å². The van der Waals surface area contributed by atoms with Crippen LogP contribution < -0.4 is 28.4 Å². The van der Waals surface area contributed by atoms with Crippen molar-refractivity contribution in [3.8, 4) is 34.5 Å². The molecule has 3 heterocycles. The highest BCUT2D eigenvalue weighted by atomic mass is 16.6. The average Bonchev–Trinajstić information content (AvgIpc) is 3.71. The predicted octanol–water partition coefficient (Wildman–Crippen LogP) is 9.47. The minimum atomic E-state index is -0.169. The van der Waals surface area contributed by atoms with Crippen molar-refractivity contribution in [2.45, 2.75) is 107 Å². The second kappa shape index (κ2) is 21.1. The van der Waals surface area contributed by atoms with E-state index in [4.69, 9.17) is 37.9 Å². The van der Waals surface area contributed by atoms with Gasteiger partial charge < -0.3 is 46.9 Å². The maximum atomic E-state index is 13.4. The van der Waals surface area contributed by atoms with E-state index in [0.29, 0.717) is 19.1 Å². The van der Waals surface area contributed by atoms with E-state index in [2.05, 4.69) is 67.8 Å². The molecule has 362 valence electrons. The number of methoxy groups -OCH3 is 6. The van der Waals surface area contributed by atoms with E-state index in [9.17, 15) is 4.79 Å². The molecule has 5 aliphatic rings. The smallest absolute Gasteiger partial charge is 0.311 e. The molecule has 11 nitrogen and oxygen atoms in total. The van der Waals surface area contributed by atoms with Gasteiger partial charge in [0, 0.05) is 49.8 Å². The molecule has 67 heavy (non-hydrogen) atoms. The number of esters is 1. The molecule has 0 aromatic heterocycles. The van der Waals surface area contributed by atoms with Gasteiger partial charge in [0.05, 0.1) is 93.3 Å². The number of nitrogens with zero attached hydrogens (tertiary/aromatic N) is 2. The molecule has 1 fully saturated rings. The molecule has 2 aliphatic carbocycles. The molecule has 0 N–H and O–H groups in total. The first-order valence-corrected chi connectivity index (χ1v) is 24.8. The first-order valence-electron chi connectivity index (χ1n) is 24.8. The minimum Gasteiger partial charge on any atom is -0.493 e. The molecule has 3 aromatic rings. The standard InChI is InChI=1S/C56H76N2O9/c1-9-27-57(30-24-40-37-50(64-7)51(65-8)38-42(40)44(57)34-39-18-21-46(60-3)49(35-39)63-6)29-16-14-12-11-13-15-17-33-66-52(59)25-31-58(28-10-2)32-26-56-43-20-23-48(62-5)55(56)67-54-47(61-4)22-19-41(53(54)56)36-45(43)58/h9-10,18-23,35,37-38,43-45,48,55H,1-2,11-17,24-34,36H2,3-8H3/q+2/t43?,44-,45-,48+,55+,56+,57?,58?/m1/s1. The number of ether oxygens (including phenoxy) is 8. The normalized spacial score (nSPS) is 27.2. The monoisotopic (exact) mass is 921 g/mol. The van der Waals surface area contributed by atoms with E-state index in [0.717, 1.165) is 134 Å². The molecular formula is C56H76N2O9+2. The fourth-order valence-electron chi connectivity index (χ4n) is 13.2. The van der Waals surface area contributed by atoms with Crippen molar-refractivity contribution in [3.63, 3.8) is 0 Å². The number of hydrogen-bond acceptors (Lipinski definition) is 9. The summed E-state index contributed by atoms with van der Waals surface area (Å²) < 4.78 is 49.1. The Bertz CT molecular complexity index is 2280. The van der Waals surface area contributed by atoms with Crippen LogP contribution in [0.5, 0.6) is 34.5 Å². The van der Waals surface area contributed by atoms with Crippen LogP contribution >= 0.6 is 0 Å². The van der Waals surface area contributed by atoms with Gasteiger partial charge in [-0.3, -0.25) is 4.79 Å². The number of benzene rings is 3. The number of carbonyl (C=O) groups excluding carboxylic acids is 1. The predicted molar refractivity (Wildman–Crippen MR) is 262 cm³/mol. The lowest BCUT2D eigenvalue weighted by Gasteiger charge is -2.61. The molecule has 1 saturated heterocycles. The molecule has 2 bridgehead atoms. The van der Waals surface area contributed by atoms with Gasteiger partial charge in [0.15, 0.2) is 34.5 Å². The molecule has 8 rings (SSSR count). The molecule has 11 heteroatoms. The third-order valence-corrected chi connectivity index (χ3v) is 16.5. The summed E-state index contributed by atoms with van der Waals surface area (Å²) in [4.78, 5) is 13.4. The largest absolute Gasteiger partial charge is 0.493 e. The second-order valence-electron chi connectivity index (χ2n) is 19.6. The molecule has 3 unspecified atom stereocenters. The zero-order valence-corrected chi connectivity index (χ0v) is 41.2. The molecule has 0 amide bonds. The number of piperidine rings is 1. The first-order chi connectivity index (χ1) is 32.7. The summed E-state index contributed by atoms with van der Waals surface area (Å²) in [5.74, 6) is 4.89. The summed E-state index contributed by atoms with van der Waals surface area (Å²) in [6.07, 6.45) is 20.4. The van der Waals surface area contributed by atoms with Crippen molar-refractivity contribution >= 4 is 5.97 Å². The van der Waals surface area contributed by atoms with Gasteiger partial charge in [0.2, 0.25) is 0 Å². The number of quaternary nitrogens is 2. The summed E-state index contributed by atoms with van der Waals surface area (Å²) >= 11 is 0. The highest BCUT2D eigenvalue weighted by Gasteiger charge is 2.68. The Morgan fingerprint density at radius 2 is 1.40 bits per heavy atom. The van der Waals surface area contributed by atoms with Crippen LogP contribution in [0.15, 0.2) is 79.9 Å². The lowest BCUT2D eigenvalue weighted by atomic mass is 9.52. The number of unbranched alkanes of at least 4 members (excludes halogenated alkanes) is 6. The first kappa shape index (κ1) is 48.5. The van der Waals surface area contributed by atoms with Gasteiger partial charge in [-0.2, -0.15) is 0 Å². The third kappa shape index (κ3) is 9.08. The zero-order valence-electron chi connectivity index (χ0n) is 41.2. The molecule has 8 atom stereocenters. The van der Waals surface area contributed by atoms with Gasteiger partial charge >= 0.3 is 5.97 Å². The van der Waals surface area contributed by atoms with E-state index in [-0.39, 0.29) is 35.6 Å². The van der Waals surface area contributed by atoms with Crippen LogP contribution in [0.25, 0.3) is 0 Å². The zero-order chi connectivity index (χ0) is 47.2. The topological polar surface area (TPSA) is 90.9 Å². The summed E-state index contributed by atoms with van der Waals surface area (Å²) in [5.41, 5.74) is 6.35. The highest BCUT2D eigenvalue weighted by molar-refractivity contribution is 5.69. The Morgan fingerprint density at radius 1 is 0.731 bits per heavy atom. The Labute approximate surface area is 399 Å². The summed E-state index contributed by atoms with van der Waals surface area (Å²) in [7, 11) is 10.3. The number of hydrogen-bond donors (Lipinski definition) is 0. The maximum Gasteiger partial charge on any atom is 0.311 e. The van der Waals surface area contributed by atoms with Crippen molar-refractivity contribution in [1.82, 2.24) is 0 Å². The van der Waals surface area contributed by atoms with E-state index in [1.807, 2.05) is 12.1 Å². The van der Waals surface area contributed by atoms with Crippen LogP contribution in [0.4, 0.5) is 0 Å². The Morgan fingerprint density at radius 3 is 2.12 bits per heavy atom. The number of rotatable bonds is 25. The number of fused-ring (bicyclic) bond motifs is 1. The van der Waals surface area contributed by atoms with Crippen molar-refractivity contribution in [1.29, 1.82) is 0 Å². The Hall–Kier alpha value is -4.97. The van der Waals surface area contributed by atoms with Gasteiger partial charge in [-0.15, -0.1) is 0 Å². The number of likely N-dealkylation sites (tertiary alicyclic amines) is 1. The van der Waals surface area contributed by atoms with Gasteiger partial charge in [0.1, 0.15) is 24.3 Å². The van der Waals surface area contributed by atoms with E-state index in [1.165, 1.54) is 47.1 Å². The lowest BCUT2D eigenvalue weighted by molar-refractivity contribution is -0.955. The number of carbonyl (C=O) groups is 1. The van der Waals surface area contributed by atoms with Crippen LogP contribution in [0, 0.1) is 5.92 Å². The van der Waals surface area contributed by atoms with E-state index in [1.54, 1.807) is 42.7 Å². The van der Waals surface area contributed by atoms with Crippen LogP contribution in [0.2, 0.25) is 0 Å². The third-order valence-electron chi connectivity index (χ3n) is 16.5. The molecule has 0 radical (unpaired) electrons. The van der Waals surface area contributed by atoms with Crippen LogP contribution in [0.3, 0.4) is 0 Å². The van der Waals surface area contributed by atoms with Crippen molar-refractivity contribution in [2.75, 3.05) is 88.5 Å². The van der Waals surface area contributed by atoms with Gasteiger partial charge in [0.25, 0.3) is 0 Å². The molecule has 3 aliphatic heterocycles. The van der Waals surface area contributed by atoms with Gasteiger partial charge in [-0.1, -0.05) is 63.1 Å². The van der Waals surface area contributed by atoms with Crippen LogP contribution in [0.1, 0.15) is 91.6 Å². The van der Waals surface area contributed by atoms with Crippen LogP contribution in [-0.4, -0.2) is 122 Å². The van der Waals surface area contributed by atoms with Gasteiger partial charge in [-0.05, 0) is 78.4 Å². The van der Waals surface area contributed by atoms with E-state index >= 15 is 0 Å². The fourth-order valence-corrected chi connectivity index (χ4v) is 13.2. The second-order valence-corrected chi connectivity index (χ2v) is 19.6. The van der Waals surface area contributed by atoms with Gasteiger partial charge in [-0.25, -0.2) is 0 Å². The van der Waals surface area contributed by atoms with Crippen molar-refractivity contribution < 1.29 is 51.7 Å². The summed E-state index contributed by atoms with van der Waals surface area (Å²) in [5, 5.41) is 0. The Balaban J connectivity index is 0.816. The molecule has 0 saturated carbocycles.